The number of hydrogen-bond donors (Lipinski definition) is 0. The number of aromatic nitrogens is 3. The quantitative estimate of drug-likeness (QED) is 0.476. The summed E-state index contributed by atoms with van der Waals surface area (Å²) in [7, 11) is -4.23. The lowest BCUT2D eigenvalue weighted by atomic mass is 9.87. The molecule has 0 spiro atoms. The SMILES string of the molecule is O=S1(=O)[C@H](c2ccccc2)CC[C@H]2N1Cc1c(F)cc(N3C[C@@H]4[C@H](C3)[C@H]4n3cnnc3)c(F)c1C2(F)F. The lowest BCUT2D eigenvalue weighted by molar-refractivity contribution is -0.0897. The molecule has 2 saturated heterocycles. The second-order valence-electron chi connectivity index (χ2n) is 10.4. The molecule has 5 atom stereocenters. The second-order valence-corrected chi connectivity index (χ2v) is 12.5. The first kappa shape index (κ1) is 23.2. The van der Waals surface area contributed by atoms with Crippen molar-refractivity contribution < 1.29 is 26.0 Å². The molecular formula is C25H23F4N5O2S. The fourth-order valence-electron chi connectivity index (χ4n) is 6.71. The van der Waals surface area contributed by atoms with E-state index in [-0.39, 0.29) is 36.4 Å². The van der Waals surface area contributed by atoms with Crippen LogP contribution in [0.25, 0.3) is 0 Å². The Labute approximate surface area is 210 Å². The highest BCUT2D eigenvalue weighted by molar-refractivity contribution is 7.89. The number of sulfonamides is 1. The molecule has 37 heavy (non-hydrogen) atoms. The predicted octanol–water partition coefficient (Wildman–Crippen LogP) is 4.00. The average Bonchev–Trinajstić information content (AvgIpc) is 3.23. The highest BCUT2D eigenvalue weighted by Gasteiger charge is 2.60. The van der Waals surface area contributed by atoms with Gasteiger partial charge in [0, 0.05) is 49.1 Å². The Morgan fingerprint density at radius 2 is 1.65 bits per heavy atom. The van der Waals surface area contributed by atoms with Crippen molar-refractivity contribution in [1.82, 2.24) is 19.1 Å². The highest BCUT2D eigenvalue weighted by Crippen LogP contribution is 2.57. The molecule has 2 aromatic carbocycles. The number of benzene rings is 2. The van der Waals surface area contributed by atoms with E-state index in [0.717, 1.165) is 6.07 Å². The van der Waals surface area contributed by atoms with Crippen molar-refractivity contribution in [1.29, 1.82) is 0 Å². The molecule has 3 aromatic rings. The van der Waals surface area contributed by atoms with Gasteiger partial charge in [-0.25, -0.2) is 17.2 Å². The molecule has 12 heteroatoms. The third-order valence-electron chi connectivity index (χ3n) is 8.54. The number of piperidine rings is 1. The summed E-state index contributed by atoms with van der Waals surface area (Å²) in [5.74, 6) is -5.72. The summed E-state index contributed by atoms with van der Waals surface area (Å²) in [4.78, 5) is 1.61. The minimum Gasteiger partial charge on any atom is -0.368 e. The van der Waals surface area contributed by atoms with Crippen LogP contribution in [0.1, 0.15) is 40.8 Å². The third-order valence-corrected chi connectivity index (χ3v) is 10.8. The smallest absolute Gasteiger partial charge is 0.292 e. The van der Waals surface area contributed by atoms with E-state index in [1.807, 2.05) is 4.57 Å². The Morgan fingerprint density at radius 1 is 0.973 bits per heavy atom. The zero-order valence-electron chi connectivity index (χ0n) is 19.5. The summed E-state index contributed by atoms with van der Waals surface area (Å²) < 4.78 is 92.4. The lowest BCUT2D eigenvalue weighted by Crippen LogP contribution is -2.56. The van der Waals surface area contributed by atoms with Gasteiger partial charge in [0.2, 0.25) is 10.0 Å². The van der Waals surface area contributed by atoms with Gasteiger partial charge >= 0.3 is 0 Å². The molecule has 4 heterocycles. The van der Waals surface area contributed by atoms with Crippen molar-refractivity contribution >= 4 is 15.7 Å². The first-order valence-electron chi connectivity index (χ1n) is 12.2. The molecule has 0 bridgehead atoms. The average molecular weight is 534 g/mol. The van der Waals surface area contributed by atoms with Gasteiger partial charge in [0.05, 0.1) is 17.3 Å². The van der Waals surface area contributed by atoms with Gasteiger partial charge in [-0.2, -0.15) is 13.1 Å². The molecule has 0 amide bonds. The largest absolute Gasteiger partial charge is 0.368 e. The Morgan fingerprint density at radius 3 is 2.32 bits per heavy atom. The summed E-state index contributed by atoms with van der Waals surface area (Å²) in [6.45, 7) is 0.180. The van der Waals surface area contributed by atoms with E-state index >= 15 is 17.6 Å². The van der Waals surface area contributed by atoms with Crippen LogP contribution in [0.2, 0.25) is 0 Å². The van der Waals surface area contributed by atoms with Gasteiger partial charge in [0.15, 0.2) is 5.82 Å². The van der Waals surface area contributed by atoms with Crippen molar-refractivity contribution in [2.75, 3.05) is 18.0 Å². The molecule has 7 rings (SSSR count). The number of nitrogens with zero attached hydrogens (tertiary/aromatic N) is 5. The number of anilines is 1. The third kappa shape index (κ3) is 3.24. The van der Waals surface area contributed by atoms with E-state index in [1.54, 1.807) is 47.9 Å². The predicted molar refractivity (Wildman–Crippen MR) is 125 cm³/mol. The molecule has 1 aliphatic carbocycles. The Balaban J connectivity index is 1.23. The second kappa shape index (κ2) is 7.76. The minimum absolute atomic E-state index is 0.0256. The molecule has 1 aromatic heterocycles. The van der Waals surface area contributed by atoms with E-state index in [0.29, 0.717) is 23.0 Å². The van der Waals surface area contributed by atoms with Crippen molar-refractivity contribution in [3.8, 4) is 0 Å². The molecule has 3 aliphatic heterocycles. The molecule has 0 unspecified atom stereocenters. The summed E-state index contributed by atoms with van der Waals surface area (Å²) >= 11 is 0. The Kier molecular flexibility index (Phi) is 4.86. The Bertz CT molecular complexity index is 1470. The van der Waals surface area contributed by atoms with E-state index < -0.39 is 56.5 Å². The van der Waals surface area contributed by atoms with Gasteiger partial charge in [-0.1, -0.05) is 30.3 Å². The fourth-order valence-corrected chi connectivity index (χ4v) is 8.88. The van der Waals surface area contributed by atoms with Gasteiger partial charge in [-0.3, -0.25) is 0 Å². The molecule has 4 aliphatic rings. The van der Waals surface area contributed by atoms with E-state index in [2.05, 4.69) is 10.2 Å². The molecular weight excluding hydrogens is 510 g/mol. The first-order valence-corrected chi connectivity index (χ1v) is 13.7. The van der Waals surface area contributed by atoms with Gasteiger partial charge < -0.3 is 9.47 Å². The standard InChI is InChI=1S/C25H23F4N5O2S/c26-18-8-19(32-9-15-16(10-32)24(15)33-12-30-31-13-33)23(27)22-17(18)11-34-21(25(22,28)29)7-6-20(37(34,35)36)14-4-2-1-3-5-14/h1-5,8,12-13,15-16,20-21,24H,6-7,9-11H2/t15-,16+,20-,21+,24+/m0/s1. The summed E-state index contributed by atoms with van der Waals surface area (Å²) in [6.07, 6.45) is 3.03. The molecule has 7 nitrogen and oxygen atoms in total. The van der Waals surface area contributed by atoms with E-state index in [9.17, 15) is 8.42 Å². The minimum atomic E-state index is -4.23. The Hall–Kier alpha value is -2.99. The van der Waals surface area contributed by atoms with Crippen LogP contribution in [0, 0.1) is 23.5 Å². The van der Waals surface area contributed by atoms with Crippen LogP contribution >= 0.6 is 0 Å². The zero-order chi connectivity index (χ0) is 25.7. The molecule has 3 fully saturated rings. The summed E-state index contributed by atoms with van der Waals surface area (Å²) in [5, 5.41) is 6.60. The summed E-state index contributed by atoms with van der Waals surface area (Å²) in [5.41, 5.74) is -1.30. The highest BCUT2D eigenvalue weighted by atomic mass is 32.2. The van der Waals surface area contributed by atoms with Crippen molar-refractivity contribution in [2.45, 2.75) is 42.6 Å². The maximum absolute atomic E-state index is 15.9. The van der Waals surface area contributed by atoms with Crippen LogP contribution in [-0.4, -0.2) is 46.6 Å². The van der Waals surface area contributed by atoms with E-state index in [1.165, 1.54) is 0 Å². The van der Waals surface area contributed by atoms with Gasteiger partial charge in [-0.05, 0) is 18.4 Å². The number of alkyl halides is 2. The van der Waals surface area contributed by atoms with Gasteiger partial charge in [0.25, 0.3) is 5.92 Å². The van der Waals surface area contributed by atoms with Crippen LogP contribution < -0.4 is 4.90 Å². The van der Waals surface area contributed by atoms with Crippen molar-refractivity contribution in [3.63, 3.8) is 0 Å². The van der Waals surface area contributed by atoms with Crippen LogP contribution in [0.5, 0.6) is 0 Å². The van der Waals surface area contributed by atoms with Crippen molar-refractivity contribution in [2.24, 2.45) is 11.8 Å². The van der Waals surface area contributed by atoms with Crippen LogP contribution in [0.4, 0.5) is 23.2 Å². The van der Waals surface area contributed by atoms with E-state index in [4.69, 9.17) is 0 Å². The first-order chi connectivity index (χ1) is 17.7. The van der Waals surface area contributed by atoms with Crippen molar-refractivity contribution in [3.05, 3.63) is 77.4 Å². The number of hydrogen-bond acceptors (Lipinski definition) is 5. The molecule has 1 saturated carbocycles. The maximum atomic E-state index is 15.9. The van der Waals surface area contributed by atoms with Crippen LogP contribution in [0.3, 0.4) is 0 Å². The molecule has 194 valence electrons. The number of rotatable bonds is 3. The number of halogens is 4. The monoisotopic (exact) mass is 533 g/mol. The topological polar surface area (TPSA) is 71.3 Å². The lowest BCUT2D eigenvalue weighted by Gasteiger charge is -2.46. The zero-order valence-corrected chi connectivity index (χ0v) is 20.3. The normalized spacial score (nSPS) is 31.5. The van der Waals surface area contributed by atoms with Gasteiger partial charge in [-0.15, -0.1) is 10.2 Å². The molecule has 0 radical (unpaired) electrons. The van der Waals surface area contributed by atoms with Gasteiger partial charge in [0.1, 0.15) is 23.7 Å². The van der Waals surface area contributed by atoms with Crippen LogP contribution in [-0.2, 0) is 22.5 Å². The number of fused-ring (bicyclic) bond motifs is 3. The maximum Gasteiger partial charge on any atom is 0.292 e. The fraction of sp³-hybridized carbons (Fsp3) is 0.440. The van der Waals surface area contributed by atoms with Crippen LogP contribution in [0.15, 0.2) is 49.1 Å². The molecule has 0 N–H and O–H groups in total. The summed E-state index contributed by atoms with van der Waals surface area (Å²) in [6, 6.07) is 7.72.